The maximum atomic E-state index is 6.25. The van der Waals surface area contributed by atoms with E-state index in [-0.39, 0.29) is 34.1 Å². The molecule has 2 radical (unpaired) electrons. The van der Waals surface area contributed by atoms with Crippen LogP contribution in [0.1, 0.15) is 0 Å². The number of nitrogens with zero attached hydrogens (tertiary/aromatic N) is 12. The summed E-state index contributed by atoms with van der Waals surface area (Å²) in [5, 5.41) is 75.0. The fourth-order valence-electron chi connectivity index (χ4n) is 0. The fourth-order valence-corrected chi connectivity index (χ4v) is 0. The van der Waals surface area contributed by atoms with Crippen molar-refractivity contribution in [1.82, 2.24) is 0 Å². The van der Waals surface area contributed by atoms with E-state index in [1.165, 1.54) is 0 Å². The van der Waals surface area contributed by atoms with Gasteiger partial charge in [0, 0.05) is 0 Å². The zero-order valence-electron chi connectivity index (χ0n) is 12.1. The van der Waals surface area contributed by atoms with Gasteiger partial charge >= 0.3 is 34.1 Å². The Morgan fingerprint density at radius 1 is 0.154 bits per heavy atom. The molecule has 0 saturated heterocycles. The second-order valence-corrected chi connectivity index (χ2v) is 0. The van der Waals surface area contributed by atoms with Gasteiger partial charge in [0.25, 0.3) is 0 Å². The fraction of sp³-hybridized carbons (Fsp3) is 0. The first-order chi connectivity index (χ1) is 12.0. The average Bonchev–Trinajstić information content (AvgIpc) is 2.84. The number of hydrogen-bond acceptors (Lipinski definition) is 12. The standard InChI is InChI=1S/12CN.2Fe/c12*1-2;;/q12*-1;2*+3. The molecule has 0 atom stereocenters. The van der Waals surface area contributed by atoms with Gasteiger partial charge in [0.1, 0.15) is 0 Å². The topological polar surface area (TPSA) is 285 Å². The Morgan fingerprint density at radius 2 is 0.154 bits per heavy atom. The van der Waals surface area contributed by atoms with Gasteiger partial charge in [-0.2, -0.15) is 0 Å². The maximum Gasteiger partial charge on any atom is 3.00 e. The van der Waals surface area contributed by atoms with Crippen LogP contribution in [-0.4, -0.2) is 0 Å². The summed E-state index contributed by atoms with van der Waals surface area (Å²) in [5.74, 6) is 0. The Labute approximate surface area is 176 Å². The number of rotatable bonds is 0. The van der Waals surface area contributed by atoms with Gasteiger partial charge < -0.3 is 142 Å². The van der Waals surface area contributed by atoms with Crippen molar-refractivity contribution in [2.75, 3.05) is 0 Å². The van der Waals surface area contributed by atoms with E-state index in [1.54, 1.807) is 0 Å². The van der Waals surface area contributed by atoms with Gasteiger partial charge in [-0.3, -0.25) is 0 Å². The van der Waals surface area contributed by atoms with Crippen LogP contribution in [0.25, 0.3) is 0 Å². The van der Waals surface area contributed by atoms with E-state index < -0.39 is 0 Å². The second-order valence-electron chi connectivity index (χ2n) is 0. The monoisotopic (exact) mass is 424 g/mol. The van der Waals surface area contributed by atoms with Crippen molar-refractivity contribution in [3.05, 3.63) is 78.9 Å². The average molecular weight is 424 g/mol. The molecule has 12 nitrogen and oxygen atoms in total. The summed E-state index contributed by atoms with van der Waals surface area (Å²) >= 11 is 0. The molecule has 0 amide bonds. The second kappa shape index (κ2) is 276. The van der Waals surface area contributed by atoms with Crippen LogP contribution in [0.2, 0.25) is 0 Å². The molecule has 0 aromatic rings. The maximum absolute atomic E-state index is 6.25. The van der Waals surface area contributed by atoms with Crippen molar-refractivity contribution in [2.24, 2.45) is 0 Å². The van der Waals surface area contributed by atoms with Gasteiger partial charge in [0.2, 0.25) is 0 Å². The van der Waals surface area contributed by atoms with Crippen molar-refractivity contribution >= 4 is 0 Å². The Bertz CT molecular complexity index is 220. The minimum absolute atomic E-state index is 0. The molecule has 0 aliphatic carbocycles. The Kier molecular flexibility index (Phi) is 1840. The third-order valence-electron chi connectivity index (χ3n) is 0. The van der Waals surface area contributed by atoms with Crippen LogP contribution in [0.5, 0.6) is 0 Å². The van der Waals surface area contributed by atoms with E-state index in [2.05, 4.69) is 0 Å². The zero-order valence-corrected chi connectivity index (χ0v) is 14.3. The molecule has 130 valence electrons. The van der Waals surface area contributed by atoms with Crippen molar-refractivity contribution in [2.45, 2.75) is 0 Å². The van der Waals surface area contributed by atoms with E-state index in [9.17, 15) is 0 Å². The summed E-state index contributed by atoms with van der Waals surface area (Å²) in [7, 11) is 0. The molecular weight excluding hydrogens is 424 g/mol. The molecule has 0 unspecified atom stereocenters. The molecule has 0 spiro atoms. The minimum atomic E-state index is 0. The van der Waals surface area contributed by atoms with Crippen molar-refractivity contribution in [3.63, 3.8) is 0 Å². The normalized spacial score (nSPS) is 0.923. The van der Waals surface area contributed by atoms with Crippen molar-refractivity contribution < 1.29 is 34.1 Å². The molecule has 0 rings (SSSR count). The van der Waals surface area contributed by atoms with Gasteiger partial charge in [-0.05, 0) is 0 Å². The van der Waals surface area contributed by atoms with Crippen LogP contribution >= 0.6 is 0 Å². The Balaban J connectivity index is -0.00000000500. The van der Waals surface area contributed by atoms with Crippen LogP contribution < -0.4 is 0 Å². The largest absolute Gasteiger partial charge is 3.00 e. The van der Waals surface area contributed by atoms with Gasteiger partial charge in [0.05, 0.1) is 0 Å². The first-order valence-electron chi connectivity index (χ1n) is 2.68. The van der Waals surface area contributed by atoms with Crippen LogP contribution in [0, 0.1) is 142 Å². The van der Waals surface area contributed by atoms with Crippen LogP contribution in [0.4, 0.5) is 0 Å². The molecular formula is C12Fe2N12-6. The van der Waals surface area contributed by atoms with Crippen LogP contribution in [-0.2, 0) is 34.1 Å². The van der Waals surface area contributed by atoms with Crippen LogP contribution in [0.15, 0.2) is 0 Å². The van der Waals surface area contributed by atoms with Gasteiger partial charge in [-0.15, -0.1) is 0 Å². The summed E-state index contributed by atoms with van der Waals surface area (Å²) in [6.07, 6.45) is 0. The SMILES string of the molecule is [C-]#N.[C-]#N.[C-]#N.[C-]#N.[C-]#N.[C-]#N.[C-]#N.[C-]#N.[C-]#N.[C-]#N.[C-]#N.[C-]#N.[Fe+3].[Fe+3]. The van der Waals surface area contributed by atoms with Gasteiger partial charge in [-0.1, -0.05) is 0 Å². The summed E-state index contributed by atoms with van der Waals surface area (Å²) in [6, 6.07) is 0. The van der Waals surface area contributed by atoms with Crippen LogP contribution in [0.3, 0.4) is 0 Å². The van der Waals surface area contributed by atoms with E-state index in [4.69, 9.17) is 142 Å². The summed E-state index contributed by atoms with van der Waals surface area (Å²) in [4.78, 5) is 0. The summed E-state index contributed by atoms with van der Waals surface area (Å²) in [6.45, 7) is 57.0. The zero-order chi connectivity index (χ0) is 24.0. The summed E-state index contributed by atoms with van der Waals surface area (Å²) in [5.41, 5.74) is 0. The molecule has 0 heterocycles. The van der Waals surface area contributed by atoms with E-state index in [0.29, 0.717) is 0 Å². The van der Waals surface area contributed by atoms with E-state index in [1.807, 2.05) is 0 Å². The molecule has 26 heavy (non-hydrogen) atoms. The Hall–Kier alpha value is -5.08. The molecule has 14 heteroatoms. The van der Waals surface area contributed by atoms with E-state index >= 15 is 0 Å². The minimum Gasteiger partial charge on any atom is -0.512 e. The molecule has 0 aromatic carbocycles. The van der Waals surface area contributed by atoms with Gasteiger partial charge in [-0.25, -0.2) is 0 Å². The smallest absolute Gasteiger partial charge is 0.512 e. The summed E-state index contributed by atoms with van der Waals surface area (Å²) < 4.78 is 0. The van der Waals surface area contributed by atoms with E-state index in [0.717, 1.165) is 0 Å². The van der Waals surface area contributed by atoms with Crippen molar-refractivity contribution in [3.8, 4) is 0 Å². The number of hydrogen-bond donors (Lipinski definition) is 0. The molecule has 0 N–H and O–H groups in total. The molecule has 0 aliphatic rings. The molecule has 0 aromatic heterocycles. The predicted molar refractivity (Wildman–Crippen MR) is 59.6 cm³/mol. The molecule has 0 fully saturated rings. The third kappa shape index (κ3) is 235. The predicted octanol–water partition coefficient (Wildman–Crippen LogP) is 1.15. The quantitative estimate of drug-likeness (QED) is 0.391. The first kappa shape index (κ1) is 173. The third-order valence-corrected chi connectivity index (χ3v) is 0. The molecule has 0 aliphatic heterocycles. The molecule has 0 saturated carbocycles. The Morgan fingerprint density at radius 3 is 0.154 bits per heavy atom. The van der Waals surface area contributed by atoms with Gasteiger partial charge in [0.15, 0.2) is 0 Å². The van der Waals surface area contributed by atoms with Crippen molar-refractivity contribution in [1.29, 1.82) is 63.1 Å². The molecule has 0 bridgehead atoms. The first-order valence-corrected chi connectivity index (χ1v) is 2.68.